The summed E-state index contributed by atoms with van der Waals surface area (Å²) in [6, 6.07) is 18.8. The lowest BCUT2D eigenvalue weighted by Crippen LogP contribution is -2.30. The number of rotatable bonds is 10. The predicted octanol–water partition coefficient (Wildman–Crippen LogP) is 5.15. The third-order valence-corrected chi connectivity index (χ3v) is 8.16. The number of aromatic nitrogens is 8. The quantitative estimate of drug-likeness (QED) is 0.230. The van der Waals surface area contributed by atoms with E-state index in [0.29, 0.717) is 13.1 Å². The molecule has 0 unspecified atom stereocenters. The number of tetrazole rings is 2. The Hall–Kier alpha value is -4.22. The van der Waals surface area contributed by atoms with Gasteiger partial charge in [-0.15, -0.1) is 21.5 Å². The number of thiophene rings is 1. The lowest BCUT2D eigenvalue weighted by molar-refractivity contribution is 0.164. The van der Waals surface area contributed by atoms with Crippen molar-refractivity contribution in [2.24, 2.45) is 0 Å². The van der Waals surface area contributed by atoms with E-state index in [9.17, 15) is 0 Å². The molecule has 10 nitrogen and oxygen atoms in total. The molecule has 6 rings (SSSR count). The molecule has 0 aliphatic rings. The predicted molar refractivity (Wildman–Crippen MR) is 154 cm³/mol. The first kappa shape index (κ1) is 26.0. The Kier molecular flexibility index (Phi) is 7.23. The van der Waals surface area contributed by atoms with Gasteiger partial charge in [0, 0.05) is 28.9 Å². The third-order valence-electron chi connectivity index (χ3n) is 7.30. The second kappa shape index (κ2) is 11.1. The van der Waals surface area contributed by atoms with E-state index in [-0.39, 0.29) is 6.04 Å². The fourth-order valence-electron chi connectivity index (χ4n) is 5.39. The summed E-state index contributed by atoms with van der Waals surface area (Å²) in [4.78, 5) is 3.71. The van der Waals surface area contributed by atoms with Crippen molar-refractivity contribution in [3.8, 4) is 5.75 Å². The Bertz CT molecular complexity index is 1740. The van der Waals surface area contributed by atoms with Crippen molar-refractivity contribution in [2.75, 3.05) is 7.11 Å². The number of aryl methyl sites for hydroxylation is 2. The molecular formula is C29H31N9OS. The van der Waals surface area contributed by atoms with Crippen LogP contribution >= 0.6 is 11.3 Å². The topological polar surface area (TPSA) is 99.2 Å². The Morgan fingerprint density at radius 2 is 1.80 bits per heavy atom. The molecule has 0 fully saturated rings. The highest BCUT2D eigenvalue weighted by Crippen LogP contribution is 2.31. The minimum Gasteiger partial charge on any atom is -0.497 e. The molecule has 0 saturated heterocycles. The summed E-state index contributed by atoms with van der Waals surface area (Å²) in [6.45, 7) is 8.38. The van der Waals surface area contributed by atoms with Crippen molar-refractivity contribution in [1.29, 1.82) is 0 Å². The van der Waals surface area contributed by atoms with Gasteiger partial charge in [0.05, 0.1) is 25.2 Å². The first-order chi connectivity index (χ1) is 19.5. The van der Waals surface area contributed by atoms with Crippen LogP contribution in [0.1, 0.15) is 52.3 Å². The highest BCUT2D eigenvalue weighted by Gasteiger charge is 2.27. The summed E-state index contributed by atoms with van der Waals surface area (Å²) in [6.07, 6.45) is 0.835. The number of nitrogens with zero attached hydrogens (tertiary/aromatic N) is 9. The standard InChI is InChI=1S/C29H31N9OS/c1-5-26(29-31-32-34-37(29)16-21-8-10-23(39-4)11-9-21)36(18-24-7-6-12-40-24)17-22-15-25-20(3)13-19(2)14-27(25)38-28(22)30-33-35-38/h6-15,26H,5,16-18H2,1-4H3/t26-/m0/s1. The average Bonchev–Trinajstić information content (AvgIpc) is 3.73. The lowest BCUT2D eigenvalue weighted by atomic mass is 10.0. The van der Waals surface area contributed by atoms with Crippen molar-refractivity contribution in [3.63, 3.8) is 0 Å². The van der Waals surface area contributed by atoms with Gasteiger partial charge in [-0.25, -0.2) is 4.68 Å². The van der Waals surface area contributed by atoms with E-state index in [4.69, 9.17) is 4.74 Å². The largest absolute Gasteiger partial charge is 0.497 e. The van der Waals surface area contributed by atoms with Gasteiger partial charge in [-0.1, -0.05) is 31.2 Å². The molecule has 6 aromatic rings. The molecule has 204 valence electrons. The Morgan fingerprint density at radius 3 is 2.55 bits per heavy atom. The summed E-state index contributed by atoms with van der Waals surface area (Å²) in [5.41, 5.74) is 6.33. The van der Waals surface area contributed by atoms with Gasteiger partial charge in [0.2, 0.25) is 0 Å². The fraction of sp³-hybridized carbons (Fsp3) is 0.310. The number of ether oxygens (including phenoxy) is 1. The maximum Gasteiger partial charge on any atom is 0.184 e. The Morgan fingerprint density at radius 1 is 0.975 bits per heavy atom. The number of fused-ring (bicyclic) bond motifs is 3. The average molecular weight is 554 g/mol. The molecule has 0 amide bonds. The van der Waals surface area contributed by atoms with Crippen LogP contribution in [0.3, 0.4) is 0 Å². The van der Waals surface area contributed by atoms with E-state index in [1.165, 1.54) is 16.0 Å². The first-order valence-corrected chi connectivity index (χ1v) is 14.2. The van der Waals surface area contributed by atoms with Gasteiger partial charge in [0.15, 0.2) is 11.5 Å². The molecule has 0 aliphatic carbocycles. The molecule has 2 aromatic carbocycles. The van der Waals surface area contributed by atoms with Crippen LogP contribution in [-0.4, -0.2) is 52.3 Å². The molecule has 0 aliphatic heterocycles. The van der Waals surface area contributed by atoms with E-state index in [1.807, 2.05) is 33.5 Å². The summed E-state index contributed by atoms with van der Waals surface area (Å²) < 4.78 is 9.08. The molecule has 0 radical (unpaired) electrons. The van der Waals surface area contributed by atoms with Gasteiger partial charge in [0.25, 0.3) is 0 Å². The number of hydrogen-bond donors (Lipinski definition) is 0. The van der Waals surface area contributed by atoms with Crippen LogP contribution in [0, 0.1) is 13.8 Å². The SMILES string of the molecule is CC[C@@H](c1nnnn1Cc1ccc(OC)cc1)N(Cc1cccs1)Cc1cc2c(C)cc(C)cc2n2nnnc12. The van der Waals surface area contributed by atoms with Crippen LogP contribution in [0.2, 0.25) is 0 Å². The van der Waals surface area contributed by atoms with Gasteiger partial charge in [-0.3, -0.25) is 4.90 Å². The van der Waals surface area contributed by atoms with Crippen LogP contribution < -0.4 is 4.74 Å². The molecule has 4 aromatic heterocycles. The van der Waals surface area contributed by atoms with Gasteiger partial charge in [0.1, 0.15) is 5.75 Å². The van der Waals surface area contributed by atoms with Crippen LogP contribution in [0.4, 0.5) is 0 Å². The summed E-state index contributed by atoms with van der Waals surface area (Å²) in [5.74, 6) is 1.65. The fourth-order valence-corrected chi connectivity index (χ4v) is 6.12. The molecule has 0 bridgehead atoms. The molecule has 4 heterocycles. The number of pyridine rings is 1. The highest BCUT2D eigenvalue weighted by molar-refractivity contribution is 7.09. The zero-order chi connectivity index (χ0) is 27.6. The van der Waals surface area contributed by atoms with E-state index in [0.717, 1.165) is 52.2 Å². The number of benzene rings is 2. The molecule has 11 heteroatoms. The van der Waals surface area contributed by atoms with Crippen molar-refractivity contribution in [1.82, 2.24) is 45.1 Å². The zero-order valence-electron chi connectivity index (χ0n) is 23.0. The minimum absolute atomic E-state index is 0.0268. The zero-order valence-corrected chi connectivity index (χ0v) is 23.8. The maximum absolute atomic E-state index is 5.32. The smallest absolute Gasteiger partial charge is 0.184 e. The van der Waals surface area contributed by atoms with Crippen LogP contribution in [0.15, 0.2) is 60.0 Å². The third kappa shape index (κ3) is 5.05. The Balaban J connectivity index is 1.39. The number of hydrogen-bond acceptors (Lipinski definition) is 9. The van der Waals surface area contributed by atoms with Gasteiger partial charge in [-0.2, -0.15) is 4.52 Å². The van der Waals surface area contributed by atoms with Crippen LogP contribution in [-0.2, 0) is 19.6 Å². The van der Waals surface area contributed by atoms with Crippen LogP contribution in [0.25, 0.3) is 16.6 Å². The van der Waals surface area contributed by atoms with E-state index in [1.54, 1.807) is 18.4 Å². The van der Waals surface area contributed by atoms with Gasteiger partial charge < -0.3 is 4.74 Å². The lowest BCUT2D eigenvalue weighted by Gasteiger charge is -2.30. The molecule has 0 spiro atoms. The molecule has 0 N–H and O–H groups in total. The second-order valence-corrected chi connectivity index (χ2v) is 11.1. The maximum atomic E-state index is 5.32. The van der Waals surface area contributed by atoms with Gasteiger partial charge in [-0.05, 0) is 93.5 Å². The summed E-state index contributed by atoms with van der Waals surface area (Å²) >= 11 is 1.75. The van der Waals surface area contributed by atoms with Crippen LogP contribution in [0.5, 0.6) is 5.75 Å². The molecule has 40 heavy (non-hydrogen) atoms. The summed E-state index contributed by atoms with van der Waals surface area (Å²) in [5, 5.41) is 29.1. The Labute approximate surface area is 236 Å². The molecular weight excluding hydrogens is 522 g/mol. The van der Waals surface area contributed by atoms with E-state index >= 15 is 0 Å². The first-order valence-electron chi connectivity index (χ1n) is 13.3. The highest BCUT2D eigenvalue weighted by atomic mass is 32.1. The van der Waals surface area contributed by atoms with E-state index in [2.05, 4.69) is 92.4 Å². The van der Waals surface area contributed by atoms with Crippen molar-refractivity contribution in [2.45, 2.75) is 52.9 Å². The number of methoxy groups -OCH3 is 1. The monoisotopic (exact) mass is 553 g/mol. The minimum atomic E-state index is -0.0268. The van der Waals surface area contributed by atoms with E-state index < -0.39 is 0 Å². The second-order valence-electron chi connectivity index (χ2n) is 10.0. The molecule has 0 saturated carbocycles. The normalized spacial score (nSPS) is 12.5. The van der Waals surface area contributed by atoms with Crippen molar-refractivity contribution >= 4 is 27.9 Å². The summed E-state index contributed by atoms with van der Waals surface area (Å²) in [7, 11) is 1.67. The van der Waals surface area contributed by atoms with Crippen molar-refractivity contribution in [3.05, 3.63) is 92.9 Å². The van der Waals surface area contributed by atoms with Gasteiger partial charge >= 0.3 is 0 Å². The molecule has 1 atom stereocenters. The van der Waals surface area contributed by atoms with Crippen molar-refractivity contribution < 1.29 is 4.74 Å².